The van der Waals surface area contributed by atoms with Gasteiger partial charge in [-0.1, -0.05) is 13.8 Å². The molecule has 0 saturated carbocycles. The fourth-order valence-electron chi connectivity index (χ4n) is 1.96. The molecule has 2 atom stereocenters. The Morgan fingerprint density at radius 1 is 1.04 bits per heavy atom. The highest BCUT2D eigenvalue weighted by Crippen LogP contribution is 2.09. The molecule has 144 valence electrons. The van der Waals surface area contributed by atoms with Gasteiger partial charge in [0.05, 0.1) is 13.5 Å². The van der Waals surface area contributed by atoms with Crippen molar-refractivity contribution in [3.63, 3.8) is 0 Å². The van der Waals surface area contributed by atoms with Crippen molar-refractivity contribution in [1.29, 1.82) is 0 Å². The third kappa shape index (κ3) is 10.2. The topological polar surface area (TPSA) is 137 Å². The summed E-state index contributed by atoms with van der Waals surface area (Å²) >= 11 is 0. The Kier molecular flexibility index (Phi) is 8.94. The molecule has 9 heteroatoms. The number of esters is 1. The summed E-state index contributed by atoms with van der Waals surface area (Å²) in [6.45, 7) is 8.73. The van der Waals surface area contributed by atoms with Crippen molar-refractivity contribution in [1.82, 2.24) is 10.6 Å². The quantitative estimate of drug-likeness (QED) is 0.538. The molecule has 0 aliphatic heterocycles. The van der Waals surface area contributed by atoms with Crippen LogP contribution in [0.2, 0.25) is 0 Å². The van der Waals surface area contributed by atoms with Gasteiger partial charge in [0.25, 0.3) is 0 Å². The molecule has 4 N–H and O–H groups in total. The summed E-state index contributed by atoms with van der Waals surface area (Å²) in [6, 6.07) is -2.15. The zero-order chi connectivity index (χ0) is 19.8. The molecule has 0 rings (SSSR count). The van der Waals surface area contributed by atoms with Crippen LogP contribution in [0.5, 0.6) is 0 Å². The van der Waals surface area contributed by atoms with E-state index in [1.165, 1.54) is 7.11 Å². The van der Waals surface area contributed by atoms with Crippen molar-refractivity contribution in [3.8, 4) is 0 Å². The van der Waals surface area contributed by atoms with Gasteiger partial charge in [0.15, 0.2) is 0 Å². The second-order valence-corrected chi connectivity index (χ2v) is 7.08. The van der Waals surface area contributed by atoms with Crippen LogP contribution in [0.1, 0.15) is 47.5 Å². The summed E-state index contributed by atoms with van der Waals surface area (Å²) in [7, 11) is 1.21. The van der Waals surface area contributed by atoms with E-state index in [1.807, 2.05) is 13.8 Å². The molecule has 0 aromatic rings. The molecule has 0 bridgehead atoms. The van der Waals surface area contributed by atoms with Crippen LogP contribution >= 0.6 is 0 Å². The van der Waals surface area contributed by atoms with Gasteiger partial charge in [0.1, 0.15) is 17.7 Å². The number of alkyl carbamates (subject to hydrolysis) is 1. The first-order valence-electron chi connectivity index (χ1n) is 8.01. The van der Waals surface area contributed by atoms with Gasteiger partial charge in [0.2, 0.25) is 11.8 Å². The molecule has 25 heavy (non-hydrogen) atoms. The molecule has 0 spiro atoms. The van der Waals surface area contributed by atoms with Crippen LogP contribution in [-0.2, 0) is 23.9 Å². The number of primary amides is 1. The smallest absolute Gasteiger partial charge is 0.408 e. The predicted octanol–water partition coefficient (Wildman–Crippen LogP) is 0.459. The molecule has 0 unspecified atom stereocenters. The van der Waals surface area contributed by atoms with Crippen LogP contribution in [-0.4, -0.2) is 48.7 Å². The van der Waals surface area contributed by atoms with E-state index in [4.69, 9.17) is 10.5 Å². The summed E-state index contributed by atoms with van der Waals surface area (Å²) in [4.78, 5) is 47.2. The van der Waals surface area contributed by atoms with Crippen LogP contribution < -0.4 is 16.4 Å². The van der Waals surface area contributed by atoms with E-state index in [-0.39, 0.29) is 5.92 Å². The summed E-state index contributed by atoms with van der Waals surface area (Å²) < 4.78 is 9.73. The maximum Gasteiger partial charge on any atom is 0.408 e. The Labute approximate surface area is 148 Å². The minimum atomic E-state index is -1.26. The van der Waals surface area contributed by atoms with E-state index < -0.39 is 48.0 Å². The largest absolute Gasteiger partial charge is 0.467 e. The van der Waals surface area contributed by atoms with Gasteiger partial charge in [-0.3, -0.25) is 9.59 Å². The maximum absolute atomic E-state index is 12.4. The highest BCUT2D eigenvalue weighted by atomic mass is 16.6. The van der Waals surface area contributed by atoms with Gasteiger partial charge in [-0.25, -0.2) is 9.59 Å². The van der Waals surface area contributed by atoms with Gasteiger partial charge >= 0.3 is 12.1 Å². The number of amides is 3. The fourth-order valence-corrected chi connectivity index (χ4v) is 1.96. The molecule has 0 fully saturated rings. The van der Waals surface area contributed by atoms with Crippen LogP contribution in [0.4, 0.5) is 4.79 Å². The number of rotatable bonds is 8. The zero-order valence-corrected chi connectivity index (χ0v) is 15.7. The summed E-state index contributed by atoms with van der Waals surface area (Å²) in [5, 5.41) is 4.78. The first-order valence-corrected chi connectivity index (χ1v) is 8.01. The predicted molar refractivity (Wildman–Crippen MR) is 90.4 cm³/mol. The molecule has 0 saturated heterocycles. The van der Waals surface area contributed by atoms with Gasteiger partial charge < -0.3 is 25.8 Å². The molecular weight excluding hydrogens is 330 g/mol. The van der Waals surface area contributed by atoms with Crippen LogP contribution in [0.3, 0.4) is 0 Å². The lowest BCUT2D eigenvalue weighted by molar-refractivity contribution is -0.145. The SMILES string of the molecule is COC(=O)[C@H](CC(C)C)NC(=O)[C@@H](CC(N)=O)NC(=O)OC(C)(C)C. The van der Waals surface area contributed by atoms with Gasteiger partial charge in [-0.05, 0) is 33.1 Å². The average molecular weight is 359 g/mol. The molecule has 0 aliphatic rings. The number of nitrogens with two attached hydrogens (primary N) is 1. The average Bonchev–Trinajstić information content (AvgIpc) is 2.41. The first kappa shape index (κ1) is 22.7. The van der Waals surface area contributed by atoms with Crippen molar-refractivity contribution in [2.75, 3.05) is 7.11 Å². The number of carbonyl (C=O) groups is 4. The van der Waals surface area contributed by atoms with Crippen molar-refractivity contribution >= 4 is 23.9 Å². The normalized spacial score (nSPS) is 13.6. The van der Waals surface area contributed by atoms with Gasteiger partial charge in [-0.2, -0.15) is 0 Å². The van der Waals surface area contributed by atoms with Crippen LogP contribution in [0, 0.1) is 5.92 Å². The van der Waals surface area contributed by atoms with Crippen molar-refractivity contribution in [3.05, 3.63) is 0 Å². The second-order valence-electron chi connectivity index (χ2n) is 7.08. The molecular formula is C16H29N3O6. The minimum Gasteiger partial charge on any atom is -0.467 e. The second kappa shape index (κ2) is 9.85. The minimum absolute atomic E-state index is 0.109. The number of hydrogen-bond acceptors (Lipinski definition) is 6. The van der Waals surface area contributed by atoms with E-state index in [0.717, 1.165) is 0 Å². The molecule has 0 aromatic carbocycles. The Morgan fingerprint density at radius 3 is 2.00 bits per heavy atom. The molecule has 0 aromatic heterocycles. The van der Waals surface area contributed by atoms with Crippen molar-refractivity contribution in [2.45, 2.75) is 65.1 Å². The molecule has 0 heterocycles. The highest BCUT2D eigenvalue weighted by molar-refractivity contribution is 5.92. The lowest BCUT2D eigenvalue weighted by atomic mass is 10.0. The highest BCUT2D eigenvalue weighted by Gasteiger charge is 2.30. The van der Waals surface area contributed by atoms with Crippen molar-refractivity contribution in [2.24, 2.45) is 11.7 Å². The molecule has 0 radical (unpaired) electrons. The van der Waals surface area contributed by atoms with Crippen molar-refractivity contribution < 1.29 is 28.7 Å². The number of nitrogens with one attached hydrogen (secondary N) is 2. The Balaban J connectivity index is 5.10. The third-order valence-electron chi connectivity index (χ3n) is 2.92. The molecule has 0 aliphatic carbocycles. The van der Waals surface area contributed by atoms with Gasteiger partial charge in [-0.15, -0.1) is 0 Å². The number of methoxy groups -OCH3 is 1. The molecule has 3 amide bonds. The lowest BCUT2D eigenvalue weighted by Crippen LogP contribution is -2.53. The number of hydrogen-bond donors (Lipinski definition) is 3. The molecule has 9 nitrogen and oxygen atoms in total. The summed E-state index contributed by atoms with van der Waals surface area (Å²) in [6.07, 6.45) is -0.957. The van der Waals surface area contributed by atoms with Gasteiger partial charge in [0, 0.05) is 0 Å². The van der Waals surface area contributed by atoms with E-state index >= 15 is 0 Å². The fraction of sp³-hybridized carbons (Fsp3) is 0.750. The number of ether oxygens (including phenoxy) is 2. The number of carbonyl (C=O) groups excluding carboxylic acids is 4. The zero-order valence-electron chi connectivity index (χ0n) is 15.7. The van der Waals surface area contributed by atoms with Crippen LogP contribution in [0.15, 0.2) is 0 Å². The lowest BCUT2D eigenvalue weighted by Gasteiger charge is -2.24. The Bertz CT molecular complexity index is 499. The van der Waals surface area contributed by atoms with E-state index in [1.54, 1.807) is 20.8 Å². The van der Waals surface area contributed by atoms with Crippen LogP contribution in [0.25, 0.3) is 0 Å². The van der Waals surface area contributed by atoms with E-state index in [2.05, 4.69) is 15.4 Å². The monoisotopic (exact) mass is 359 g/mol. The Morgan fingerprint density at radius 2 is 1.60 bits per heavy atom. The first-order chi connectivity index (χ1) is 11.4. The maximum atomic E-state index is 12.4. The standard InChI is InChI=1S/C16H29N3O6/c1-9(2)7-11(14(22)24-6)18-13(21)10(8-12(17)20)19-15(23)25-16(3,4)5/h9-11H,7-8H2,1-6H3,(H2,17,20)(H,18,21)(H,19,23)/t10-,11+/m1/s1. The Hall–Kier alpha value is -2.32. The summed E-state index contributed by atoms with van der Waals surface area (Å²) in [5.74, 6) is -2.01. The van der Waals surface area contributed by atoms with E-state index in [0.29, 0.717) is 6.42 Å². The van der Waals surface area contributed by atoms with E-state index in [9.17, 15) is 19.2 Å². The summed E-state index contributed by atoms with van der Waals surface area (Å²) in [5.41, 5.74) is 4.36. The third-order valence-corrected chi connectivity index (χ3v) is 2.92.